The lowest BCUT2D eigenvalue weighted by molar-refractivity contribution is -0.274. The quantitative estimate of drug-likeness (QED) is 0.229. The van der Waals surface area contributed by atoms with E-state index in [1.54, 1.807) is 13.2 Å². The van der Waals surface area contributed by atoms with E-state index in [4.69, 9.17) is 17.0 Å². The summed E-state index contributed by atoms with van der Waals surface area (Å²) in [6.45, 7) is 4.09. The summed E-state index contributed by atoms with van der Waals surface area (Å²) in [5, 5.41) is 8.86. The van der Waals surface area contributed by atoms with Crippen molar-refractivity contribution in [3.8, 4) is 11.5 Å². The maximum Gasteiger partial charge on any atom is 0.573 e. The SMILES string of the molecule is COc1ccc(CCN=C(NC(=S)Nc2cccc(OC(F)(F)F)c2)Nc2nc(C)cc(C)n2)cc1. The molecule has 8 nitrogen and oxygen atoms in total. The summed E-state index contributed by atoms with van der Waals surface area (Å²) in [6, 6.07) is 14.8. The van der Waals surface area contributed by atoms with Crippen LogP contribution in [-0.2, 0) is 6.42 Å². The van der Waals surface area contributed by atoms with Crippen molar-refractivity contribution in [3.05, 3.63) is 71.5 Å². The van der Waals surface area contributed by atoms with Gasteiger partial charge in [-0.25, -0.2) is 9.97 Å². The predicted molar refractivity (Wildman–Crippen MR) is 137 cm³/mol. The molecule has 2 aromatic carbocycles. The maximum absolute atomic E-state index is 12.5. The van der Waals surface area contributed by atoms with Gasteiger partial charge in [0, 0.05) is 29.7 Å². The molecule has 1 aromatic heterocycles. The van der Waals surface area contributed by atoms with E-state index in [1.807, 2.05) is 44.2 Å². The van der Waals surface area contributed by atoms with Gasteiger partial charge in [0.1, 0.15) is 11.5 Å². The molecule has 12 heteroatoms. The number of aromatic nitrogens is 2. The molecule has 0 atom stereocenters. The van der Waals surface area contributed by atoms with Gasteiger partial charge in [0.2, 0.25) is 11.9 Å². The summed E-state index contributed by atoms with van der Waals surface area (Å²) < 4.78 is 46.7. The number of aryl methyl sites for hydroxylation is 2. The standard InChI is InChI=1S/C24H25F3N6O2S/c1-15-13-16(2)30-22(29-15)32-21(28-12-11-17-7-9-19(34-3)10-8-17)33-23(36)31-18-5-4-6-20(14-18)35-24(25,26)27/h4-10,13-14H,11-12H2,1-3H3,(H3,28,29,30,31,32,33,36). The van der Waals surface area contributed by atoms with E-state index < -0.39 is 6.36 Å². The molecule has 0 amide bonds. The van der Waals surface area contributed by atoms with Crippen molar-refractivity contribution in [2.75, 3.05) is 24.3 Å². The molecule has 0 spiro atoms. The Morgan fingerprint density at radius 3 is 2.31 bits per heavy atom. The van der Waals surface area contributed by atoms with Gasteiger partial charge < -0.3 is 20.1 Å². The Morgan fingerprint density at radius 2 is 1.67 bits per heavy atom. The molecule has 3 N–H and O–H groups in total. The second-order valence-corrected chi connectivity index (χ2v) is 7.99. The van der Waals surface area contributed by atoms with E-state index in [1.165, 1.54) is 18.2 Å². The molecule has 1 heterocycles. The highest BCUT2D eigenvalue weighted by atomic mass is 32.1. The zero-order valence-corrected chi connectivity index (χ0v) is 20.6. The van der Waals surface area contributed by atoms with E-state index in [9.17, 15) is 13.2 Å². The van der Waals surface area contributed by atoms with Gasteiger partial charge in [-0.05, 0) is 68.4 Å². The van der Waals surface area contributed by atoms with Gasteiger partial charge in [-0.15, -0.1) is 13.2 Å². The minimum absolute atomic E-state index is 0.0965. The van der Waals surface area contributed by atoms with E-state index in [0.29, 0.717) is 24.6 Å². The third-order valence-electron chi connectivity index (χ3n) is 4.60. The second-order valence-electron chi connectivity index (χ2n) is 7.58. The molecule has 0 aliphatic rings. The number of methoxy groups -OCH3 is 1. The molecule has 3 aromatic rings. The van der Waals surface area contributed by atoms with Crippen LogP contribution in [-0.4, -0.2) is 41.1 Å². The number of benzene rings is 2. The first-order chi connectivity index (χ1) is 17.1. The molecular formula is C24H25F3N6O2S. The van der Waals surface area contributed by atoms with Gasteiger partial charge in [0.15, 0.2) is 5.11 Å². The Labute approximate surface area is 212 Å². The van der Waals surface area contributed by atoms with Gasteiger partial charge in [0.25, 0.3) is 0 Å². The van der Waals surface area contributed by atoms with Crippen LogP contribution >= 0.6 is 12.2 Å². The highest BCUT2D eigenvalue weighted by Crippen LogP contribution is 2.25. The number of thiocarbonyl (C=S) groups is 1. The number of guanidine groups is 1. The van der Waals surface area contributed by atoms with Crippen LogP contribution in [0.25, 0.3) is 0 Å². The number of aliphatic imine (C=N–C) groups is 1. The van der Waals surface area contributed by atoms with Crippen molar-refractivity contribution in [2.45, 2.75) is 26.6 Å². The molecule has 0 radical (unpaired) electrons. The summed E-state index contributed by atoms with van der Waals surface area (Å²) in [5.74, 6) is 0.991. The molecule has 0 saturated heterocycles. The predicted octanol–water partition coefficient (Wildman–Crippen LogP) is 5.00. The lowest BCUT2D eigenvalue weighted by Gasteiger charge is -2.15. The molecule has 0 saturated carbocycles. The zero-order valence-electron chi connectivity index (χ0n) is 19.8. The normalized spacial score (nSPS) is 11.6. The fraction of sp³-hybridized carbons (Fsp3) is 0.250. The fourth-order valence-corrected chi connectivity index (χ4v) is 3.34. The van der Waals surface area contributed by atoms with Crippen molar-refractivity contribution < 1.29 is 22.6 Å². The maximum atomic E-state index is 12.5. The van der Waals surface area contributed by atoms with Gasteiger partial charge >= 0.3 is 6.36 Å². The van der Waals surface area contributed by atoms with E-state index in [0.717, 1.165) is 22.7 Å². The Morgan fingerprint density at radius 1 is 0.972 bits per heavy atom. The van der Waals surface area contributed by atoms with Crippen LogP contribution in [0.5, 0.6) is 11.5 Å². The van der Waals surface area contributed by atoms with E-state index >= 15 is 0 Å². The molecular weight excluding hydrogens is 493 g/mol. The number of hydrogen-bond acceptors (Lipinski definition) is 6. The molecule has 36 heavy (non-hydrogen) atoms. The smallest absolute Gasteiger partial charge is 0.497 e. The highest BCUT2D eigenvalue weighted by Gasteiger charge is 2.31. The number of nitrogens with one attached hydrogen (secondary N) is 3. The first kappa shape index (κ1) is 26.7. The second kappa shape index (κ2) is 12.2. The topological polar surface area (TPSA) is 92.7 Å². The molecule has 0 aliphatic heterocycles. The van der Waals surface area contributed by atoms with Crippen molar-refractivity contribution in [2.24, 2.45) is 4.99 Å². The van der Waals surface area contributed by atoms with Crippen LogP contribution in [0.15, 0.2) is 59.6 Å². The van der Waals surface area contributed by atoms with Crippen molar-refractivity contribution in [1.82, 2.24) is 15.3 Å². The summed E-state index contributed by atoms with van der Waals surface area (Å²) >= 11 is 5.34. The van der Waals surface area contributed by atoms with Crippen molar-refractivity contribution in [1.29, 1.82) is 0 Å². The minimum Gasteiger partial charge on any atom is -0.497 e. The van der Waals surface area contributed by atoms with Gasteiger partial charge in [0.05, 0.1) is 7.11 Å². The van der Waals surface area contributed by atoms with Crippen LogP contribution in [0.4, 0.5) is 24.8 Å². The molecule has 0 unspecified atom stereocenters. The number of nitrogens with zero attached hydrogens (tertiary/aromatic N) is 3. The van der Waals surface area contributed by atoms with E-state index in [-0.39, 0.29) is 16.8 Å². The van der Waals surface area contributed by atoms with Crippen LogP contribution in [0, 0.1) is 13.8 Å². The Bertz CT molecular complexity index is 1200. The third kappa shape index (κ3) is 9.02. The number of halogens is 3. The number of ether oxygens (including phenoxy) is 2. The average molecular weight is 519 g/mol. The molecule has 0 aliphatic carbocycles. The van der Waals surface area contributed by atoms with Gasteiger partial charge in [-0.3, -0.25) is 10.3 Å². The fourth-order valence-electron chi connectivity index (χ4n) is 3.13. The Balaban J connectivity index is 1.71. The number of alkyl halides is 3. The lowest BCUT2D eigenvalue weighted by Crippen LogP contribution is -2.39. The minimum atomic E-state index is -4.79. The summed E-state index contributed by atoms with van der Waals surface area (Å²) in [5.41, 5.74) is 2.90. The Kier molecular flexibility index (Phi) is 9.01. The average Bonchev–Trinajstić information content (AvgIpc) is 2.78. The molecule has 190 valence electrons. The van der Waals surface area contributed by atoms with Crippen LogP contribution in [0.1, 0.15) is 17.0 Å². The number of hydrogen-bond donors (Lipinski definition) is 3. The van der Waals surface area contributed by atoms with Crippen molar-refractivity contribution >= 4 is 34.9 Å². The van der Waals surface area contributed by atoms with Gasteiger partial charge in [-0.1, -0.05) is 18.2 Å². The zero-order chi connectivity index (χ0) is 26.1. The lowest BCUT2D eigenvalue weighted by atomic mass is 10.1. The monoisotopic (exact) mass is 518 g/mol. The van der Waals surface area contributed by atoms with Crippen LogP contribution in [0.2, 0.25) is 0 Å². The highest BCUT2D eigenvalue weighted by molar-refractivity contribution is 7.80. The van der Waals surface area contributed by atoms with Crippen LogP contribution in [0.3, 0.4) is 0 Å². The first-order valence-corrected chi connectivity index (χ1v) is 11.2. The Hall–Kier alpha value is -3.93. The third-order valence-corrected chi connectivity index (χ3v) is 4.80. The van der Waals surface area contributed by atoms with E-state index in [2.05, 4.69) is 35.6 Å². The summed E-state index contributed by atoms with van der Waals surface area (Å²) in [7, 11) is 1.61. The molecule has 3 rings (SSSR count). The van der Waals surface area contributed by atoms with Crippen LogP contribution < -0.4 is 25.4 Å². The van der Waals surface area contributed by atoms with Gasteiger partial charge in [-0.2, -0.15) is 0 Å². The first-order valence-electron chi connectivity index (χ1n) is 10.8. The number of rotatable bonds is 7. The summed E-state index contributed by atoms with van der Waals surface area (Å²) in [4.78, 5) is 13.3. The largest absolute Gasteiger partial charge is 0.573 e. The number of anilines is 2. The van der Waals surface area contributed by atoms with Crippen molar-refractivity contribution in [3.63, 3.8) is 0 Å². The summed E-state index contributed by atoms with van der Waals surface area (Å²) in [6.07, 6.45) is -4.15. The molecule has 0 fully saturated rings. The molecule has 0 bridgehead atoms.